The molecule has 1 N–H and O–H groups in total. The van der Waals surface area contributed by atoms with Crippen LogP contribution >= 0.6 is 11.8 Å². The van der Waals surface area contributed by atoms with Gasteiger partial charge in [-0.05, 0) is 12.8 Å². The van der Waals surface area contributed by atoms with Crippen LogP contribution in [-0.2, 0) is 16.6 Å². The van der Waals surface area contributed by atoms with Crippen molar-refractivity contribution in [3.8, 4) is 0 Å². The first-order valence-electron chi connectivity index (χ1n) is 6.49. The van der Waals surface area contributed by atoms with Crippen molar-refractivity contribution >= 4 is 23.6 Å². The SMILES string of the molecule is Cn1cnnc1C1CCCN(C(=O)CSCC(=O)O)C1. The van der Waals surface area contributed by atoms with Gasteiger partial charge in [0.2, 0.25) is 5.91 Å². The molecule has 0 aromatic carbocycles. The van der Waals surface area contributed by atoms with Crippen molar-refractivity contribution in [2.24, 2.45) is 7.05 Å². The number of aromatic nitrogens is 3. The summed E-state index contributed by atoms with van der Waals surface area (Å²) in [6.07, 6.45) is 3.60. The van der Waals surface area contributed by atoms with Gasteiger partial charge in [0, 0.05) is 26.1 Å². The highest BCUT2D eigenvalue weighted by molar-refractivity contribution is 8.00. The molecule has 1 saturated heterocycles. The van der Waals surface area contributed by atoms with Crippen LogP contribution < -0.4 is 0 Å². The van der Waals surface area contributed by atoms with E-state index in [1.165, 1.54) is 0 Å². The van der Waals surface area contributed by atoms with E-state index < -0.39 is 5.97 Å². The molecule has 1 aliphatic heterocycles. The first-order chi connectivity index (χ1) is 9.58. The molecule has 0 saturated carbocycles. The van der Waals surface area contributed by atoms with Crippen molar-refractivity contribution in [1.82, 2.24) is 19.7 Å². The molecule has 1 amide bonds. The predicted octanol–water partition coefficient (Wildman–Crippen LogP) is 0.339. The lowest BCUT2D eigenvalue weighted by Crippen LogP contribution is -2.40. The highest BCUT2D eigenvalue weighted by Gasteiger charge is 2.27. The Morgan fingerprint density at radius 3 is 2.95 bits per heavy atom. The summed E-state index contributed by atoms with van der Waals surface area (Å²) in [6, 6.07) is 0. The number of nitrogens with zero attached hydrogens (tertiary/aromatic N) is 4. The minimum Gasteiger partial charge on any atom is -0.481 e. The van der Waals surface area contributed by atoms with Gasteiger partial charge in [-0.25, -0.2) is 0 Å². The number of thioether (sulfide) groups is 1. The number of aliphatic carboxylic acids is 1. The third-order valence-electron chi connectivity index (χ3n) is 3.34. The molecular formula is C12H18N4O3S. The average molecular weight is 298 g/mol. The second-order valence-corrected chi connectivity index (χ2v) is 5.85. The average Bonchev–Trinajstić information content (AvgIpc) is 2.84. The number of likely N-dealkylation sites (tertiary alicyclic amines) is 1. The van der Waals surface area contributed by atoms with E-state index in [1.807, 2.05) is 11.6 Å². The number of carbonyl (C=O) groups is 2. The number of hydrogen-bond donors (Lipinski definition) is 1. The van der Waals surface area contributed by atoms with Gasteiger partial charge in [-0.15, -0.1) is 22.0 Å². The molecule has 1 aromatic heterocycles. The largest absolute Gasteiger partial charge is 0.481 e. The molecule has 0 spiro atoms. The fourth-order valence-corrected chi connectivity index (χ4v) is 3.03. The zero-order chi connectivity index (χ0) is 14.5. The summed E-state index contributed by atoms with van der Waals surface area (Å²) in [5, 5.41) is 16.6. The molecule has 1 aliphatic rings. The Kier molecular flexibility index (Phi) is 4.99. The quantitative estimate of drug-likeness (QED) is 0.843. The van der Waals surface area contributed by atoms with E-state index >= 15 is 0 Å². The minimum absolute atomic E-state index is 0.00289. The summed E-state index contributed by atoms with van der Waals surface area (Å²) in [6.45, 7) is 1.37. The van der Waals surface area contributed by atoms with Crippen LogP contribution in [0.15, 0.2) is 6.33 Å². The Morgan fingerprint density at radius 2 is 2.30 bits per heavy atom. The summed E-state index contributed by atoms with van der Waals surface area (Å²) >= 11 is 1.14. The number of carboxylic acid groups (broad SMARTS) is 1. The predicted molar refractivity (Wildman–Crippen MR) is 74.5 cm³/mol. The molecule has 20 heavy (non-hydrogen) atoms. The highest BCUT2D eigenvalue weighted by Crippen LogP contribution is 2.25. The Morgan fingerprint density at radius 1 is 1.50 bits per heavy atom. The van der Waals surface area contributed by atoms with Crippen LogP contribution in [0, 0.1) is 0 Å². The van der Waals surface area contributed by atoms with E-state index in [4.69, 9.17) is 5.11 Å². The van der Waals surface area contributed by atoms with Gasteiger partial charge in [0.1, 0.15) is 12.2 Å². The minimum atomic E-state index is -0.890. The van der Waals surface area contributed by atoms with Crippen LogP contribution in [0.4, 0.5) is 0 Å². The van der Waals surface area contributed by atoms with Crippen molar-refractivity contribution in [2.75, 3.05) is 24.6 Å². The van der Waals surface area contributed by atoms with E-state index in [2.05, 4.69) is 10.2 Å². The molecule has 1 atom stereocenters. The Bertz CT molecular complexity index is 491. The number of piperidine rings is 1. The lowest BCUT2D eigenvalue weighted by atomic mass is 9.97. The molecule has 8 heteroatoms. The van der Waals surface area contributed by atoms with Crippen LogP contribution in [0.2, 0.25) is 0 Å². The highest BCUT2D eigenvalue weighted by atomic mass is 32.2. The number of carboxylic acids is 1. The zero-order valence-corrected chi connectivity index (χ0v) is 12.2. The number of hydrogen-bond acceptors (Lipinski definition) is 5. The topological polar surface area (TPSA) is 88.3 Å². The number of rotatable bonds is 5. The summed E-state index contributed by atoms with van der Waals surface area (Å²) in [5.41, 5.74) is 0. The van der Waals surface area contributed by atoms with Gasteiger partial charge in [0.25, 0.3) is 0 Å². The van der Waals surface area contributed by atoms with Crippen molar-refractivity contribution in [1.29, 1.82) is 0 Å². The summed E-state index contributed by atoms with van der Waals surface area (Å²) < 4.78 is 1.89. The monoisotopic (exact) mass is 298 g/mol. The third kappa shape index (κ3) is 3.72. The van der Waals surface area contributed by atoms with Gasteiger partial charge in [-0.2, -0.15) is 0 Å². The van der Waals surface area contributed by atoms with Gasteiger partial charge >= 0.3 is 5.97 Å². The van der Waals surface area contributed by atoms with Crippen LogP contribution in [0.5, 0.6) is 0 Å². The maximum Gasteiger partial charge on any atom is 0.313 e. The molecule has 1 fully saturated rings. The van der Waals surface area contributed by atoms with Gasteiger partial charge < -0.3 is 14.6 Å². The zero-order valence-electron chi connectivity index (χ0n) is 11.4. The molecular weight excluding hydrogens is 280 g/mol. The van der Waals surface area contributed by atoms with Gasteiger partial charge in [-0.1, -0.05) is 0 Å². The van der Waals surface area contributed by atoms with E-state index in [1.54, 1.807) is 11.2 Å². The second-order valence-electron chi connectivity index (χ2n) is 4.87. The maximum absolute atomic E-state index is 12.0. The summed E-state index contributed by atoms with van der Waals surface area (Å²) in [5.74, 6) is 0.413. The molecule has 0 bridgehead atoms. The van der Waals surface area contributed by atoms with Crippen LogP contribution in [0.3, 0.4) is 0 Å². The number of aryl methyl sites for hydroxylation is 1. The molecule has 2 heterocycles. The molecule has 2 rings (SSSR count). The second kappa shape index (κ2) is 6.74. The van der Waals surface area contributed by atoms with Crippen LogP contribution in [-0.4, -0.2) is 61.2 Å². The van der Waals surface area contributed by atoms with Crippen molar-refractivity contribution in [3.05, 3.63) is 12.2 Å². The Hall–Kier alpha value is -1.57. The van der Waals surface area contributed by atoms with E-state index in [-0.39, 0.29) is 23.3 Å². The third-order valence-corrected chi connectivity index (χ3v) is 4.24. The lowest BCUT2D eigenvalue weighted by molar-refractivity contribution is -0.133. The normalized spacial score (nSPS) is 19.1. The van der Waals surface area contributed by atoms with Gasteiger partial charge in [0.05, 0.1) is 11.5 Å². The summed E-state index contributed by atoms with van der Waals surface area (Å²) in [4.78, 5) is 24.3. The van der Waals surface area contributed by atoms with Crippen molar-refractivity contribution < 1.29 is 14.7 Å². The lowest BCUT2D eigenvalue weighted by Gasteiger charge is -2.32. The van der Waals surface area contributed by atoms with Gasteiger partial charge in [0.15, 0.2) is 0 Å². The molecule has 1 aromatic rings. The van der Waals surface area contributed by atoms with Crippen molar-refractivity contribution in [3.63, 3.8) is 0 Å². The number of amides is 1. The van der Waals surface area contributed by atoms with E-state index in [0.717, 1.165) is 37.0 Å². The molecule has 110 valence electrons. The molecule has 0 radical (unpaired) electrons. The van der Waals surface area contributed by atoms with E-state index in [9.17, 15) is 9.59 Å². The fraction of sp³-hybridized carbons (Fsp3) is 0.667. The Labute approximate surface area is 121 Å². The van der Waals surface area contributed by atoms with Gasteiger partial charge in [-0.3, -0.25) is 9.59 Å². The Balaban J connectivity index is 1.88. The fourth-order valence-electron chi connectivity index (χ4n) is 2.39. The van der Waals surface area contributed by atoms with Crippen LogP contribution in [0.25, 0.3) is 0 Å². The molecule has 7 nitrogen and oxygen atoms in total. The van der Waals surface area contributed by atoms with Crippen LogP contribution in [0.1, 0.15) is 24.6 Å². The maximum atomic E-state index is 12.0. The van der Waals surface area contributed by atoms with Crippen molar-refractivity contribution in [2.45, 2.75) is 18.8 Å². The first-order valence-corrected chi connectivity index (χ1v) is 7.64. The molecule has 1 unspecified atom stereocenters. The number of carbonyl (C=O) groups excluding carboxylic acids is 1. The standard InChI is InChI=1S/C12H18N4O3S/c1-15-8-13-14-12(15)9-3-2-4-16(5-9)10(17)6-20-7-11(18)19/h8-9H,2-7H2,1H3,(H,18,19). The first kappa shape index (κ1) is 14.8. The molecule has 0 aliphatic carbocycles. The summed E-state index contributed by atoms with van der Waals surface area (Å²) in [7, 11) is 1.90. The van der Waals surface area contributed by atoms with E-state index in [0.29, 0.717) is 6.54 Å². The smallest absolute Gasteiger partial charge is 0.313 e.